The fourth-order valence-electron chi connectivity index (χ4n) is 2.39. The van der Waals surface area contributed by atoms with Crippen LogP contribution in [0.4, 0.5) is 0 Å². The van der Waals surface area contributed by atoms with Gasteiger partial charge in [0.2, 0.25) is 0 Å². The standard InChI is InChI=1S/C18H18O6S2/c1-3-24-18(21)14(11-16(19)20)17(15-5-4-10-25-15)12-6-8-13(9-7-12)26(2,22)23/h4-10H,3,11H2,1-2H3,(H,19,20)/b17-14+. The van der Waals surface area contributed by atoms with E-state index in [4.69, 9.17) is 4.74 Å². The van der Waals surface area contributed by atoms with Crippen LogP contribution in [0.2, 0.25) is 0 Å². The molecule has 1 heterocycles. The van der Waals surface area contributed by atoms with Gasteiger partial charge in [-0.15, -0.1) is 11.3 Å². The van der Waals surface area contributed by atoms with E-state index in [0.29, 0.717) is 16.0 Å². The van der Waals surface area contributed by atoms with Gasteiger partial charge in [-0.2, -0.15) is 0 Å². The summed E-state index contributed by atoms with van der Waals surface area (Å²) < 4.78 is 28.3. The number of esters is 1. The van der Waals surface area contributed by atoms with Crippen molar-refractivity contribution in [3.63, 3.8) is 0 Å². The number of carboxylic acid groups (broad SMARTS) is 1. The summed E-state index contributed by atoms with van der Waals surface area (Å²) >= 11 is 1.35. The average Bonchev–Trinajstić information content (AvgIpc) is 3.08. The van der Waals surface area contributed by atoms with Crippen molar-refractivity contribution in [2.45, 2.75) is 18.2 Å². The van der Waals surface area contributed by atoms with Gasteiger partial charge in [-0.25, -0.2) is 13.2 Å². The summed E-state index contributed by atoms with van der Waals surface area (Å²) in [5, 5.41) is 11.0. The molecule has 0 bridgehead atoms. The molecule has 0 unspecified atom stereocenters. The van der Waals surface area contributed by atoms with Crippen LogP contribution in [0.15, 0.2) is 52.2 Å². The maximum absolute atomic E-state index is 12.4. The fourth-order valence-corrected chi connectivity index (χ4v) is 3.84. The van der Waals surface area contributed by atoms with E-state index in [0.717, 1.165) is 6.26 Å². The van der Waals surface area contributed by atoms with Crippen LogP contribution in [-0.2, 0) is 24.2 Å². The van der Waals surface area contributed by atoms with Crippen molar-refractivity contribution in [2.24, 2.45) is 0 Å². The third-order valence-corrected chi connectivity index (χ3v) is 5.51. The first kappa shape index (κ1) is 19.9. The molecule has 0 amide bonds. The number of sulfone groups is 1. The second kappa shape index (κ2) is 8.29. The van der Waals surface area contributed by atoms with Gasteiger partial charge in [-0.3, -0.25) is 4.79 Å². The summed E-state index contributed by atoms with van der Waals surface area (Å²) in [6, 6.07) is 9.54. The molecule has 138 valence electrons. The minimum absolute atomic E-state index is 0.0221. The number of rotatable bonds is 7. The number of ether oxygens (including phenoxy) is 1. The van der Waals surface area contributed by atoms with Crippen LogP contribution in [0, 0.1) is 0 Å². The summed E-state index contributed by atoms with van der Waals surface area (Å²) in [7, 11) is -3.36. The maximum Gasteiger partial charge on any atom is 0.335 e. The molecule has 6 nitrogen and oxygen atoms in total. The van der Waals surface area contributed by atoms with Crippen LogP contribution in [0.25, 0.3) is 5.57 Å². The van der Waals surface area contributed by atoms with E-state index in [1.807, 2.05) is 5.38 Å². The predicted octanol–water partition coefficient (Wildman–Crippen LogP) is 2.99. The number of hydrogen-bond acceptors (Lipinski definition) is 6. The Kier molecular flexibility index (Phi) is 6.33. The molecule has 0 aliphatic carbocycles. The first-order valence-electron chi connectivity index (χ1n) is 7.70. The van der Waals surface area contributed by atoms with E-state index in [9.17, 15) is 23.1 Å². The fraction of sp³-hybridized carbons (Fsp3) is 0.222. The zero-order valence-electron chi connectivity index (χ0n) is 14.3. The lowest BCUT2D eigenvalue weighted by Gasteiger charge is -2.13. The molecule has 0 atom stereocenters. The molecule has 26 heavy (non-hydrogen) atoms. The highest BCUT2D eigenvalue weighted by atomic mass is 32.2. The zero-order valence-corrected chi connectivity index (χ0v) is 15.9. The molecule has 0 fully saturated rings. The number of carbonyl (C=O) groups is 2. The highest BCUT2D eigenvalue weighted by Crippen LogP contribution is 2.33. The monoisotopic (exact) mass is 394 g/mol. The van der Waals surface area contributed by atoms with Crippen molar-refractivity contribution in [1.29, 1.82) is 0 Å². The average molecular weight is 394 g/mol. The van der Waals surface area contributed by atoms with Gasteiger partial charge in [0.05, 0.1) is 23.5 Å². The molecule has 0 radical (unpaired) electrons. The number of benzene rings is 1. The quantitative estimate of drug-likeness (QED) is 0.573. The minimum atomic E-state index is -3.36. The van der Waals surface area contributed by atoms with Crippen LogP contribution in [0.5, 0.6) is 0 Å². The predicted molar refractivity (Wildman–Crippen MR) is 98.8 cm³/mol. The van der Waals surface area contributed by atoms with Crippen LogP contribution in [0.3, 0.4) is 0 Å². The highest BCUT2D eigenvalue weighted by molar-refractivity contribution is 7.90. The van der Waals surface area contributed by atoms with Crippen LogP contribution < -0.4 is 0 Å². The van der Waals surface area contributed by atoms with Crippen molar-refractivity contribution in [2.75, 3.05) is 12.9 Å². The smallest absolute Gasteiger partial charge is 0.335 e. The Balaban J connectivity index is 2.68. The largest absolute Gasteiger partial charge is 0.481 e. The van der Waals surface area contributed by atoms with Crippen molar-refractivity contribution < 1.29 is 27.9 Å². The number of thiophene rings is 1. The van der Waals surface area contributed by atoms with Gasteiger partial charge in [-0.1, -0.05) is 18.2 Å². The van der Waals surface area contributed by atoms with Crippen molar-refractivity contribution >= 4 is 38.7 Å². The SMILES string of the molecule is CCOC(=O)/C(CC(=O)O)=C(\c1ccc(S(C)(=O)=O)cc1)c1cccs1. The number of carboxylic acids is 1. The number of hydrogen-bond donors (Lipinski definition) is 1. The van der Waals surface area contributed by atoms with E-state index in [1.54, 1.807) is 31.2 Å². The van der Waals surface area contributed by atoms with E-state index in [2.05, 4.69) is 0 Å². The van der Waals surface area contributed by atoms with Gasteiger partial charge >= 0.3 is 11.9 Å². The first-order chi connectivity index (χ1) is 12.2. The number of carbonyl (C=O) groups excluding carboxylic acids is 1. The molecule has 0 aliphatic rings. The van der Waals surface area contributed by atoms with Gasteiger partial charge < -0.3 is 9.84 Å². The van der Waals surface area contributed by atoms with E-state index in [-0.39, 0.29) is 17.1 Å². The van der Waals surface area contributed by atoms with Gasteiger partial charge in [0.15, 0.2) is 9.84 Å². The molecular formula is C18H18O6S2. The third-order valence-electron chi connectivity index (χ3n) is 3.49. The molecule has 2 aromatic rings. The van der Waals surface area contributed by atoms with Crippen LogP contribution >= 0.6 is 11.3 Å². The van der Waals surface area contributed by atoms with Crippen LogP contribution in [0.1, 0.15) is 23.8 Å². The Morgan fingerprint density at radius 3 is 2.27 bits per heavy atom. The van der Waals surface area contributed by atoms with E-state index in [1.165, 1.54) is 23.5 Å². The third kappa shape index (κ3) is 4.80. The Morgan fingerprint density at radius 1 is 1.15 bits per heavy atom. The Morgan fingerprint density at radius 2 is 1.81 bits per heavy atom. The van der Waals surface area contributed by atoms with Gasteiger partial charge in [0.1, 0.15) is 0 Å². The Bertz CT molecular complexity index is 923. The topological polar surface area (TPSA) is 97.7 Å². The molecule has 0 saturated heterocycles. The lowest BCUT2D eigenvalue weighted by molar-refractivity contribution is -0.142. The maximum atomic E-state index is 12.4. The summed E-state index contributed by atoms with van der Waals surface area (Å²) in [4.78, 5) is 24.5. The summed E-state index contributed by atoms with van der Waals surface area (Å²) in [5.74, 6) is -1.86. The highest BCUT2D eigenvalue weighted by Gasteiger charge is 2.23. The number of aliphatic carboxylic acids is 1. The lowest BCUT2D eigenvalue weighted by atomic mass is 9.96. The normalized spacial score (nSPS) is 12.4. The van der Waals surface area contributed by atoms with Crippen LogP contribution in [-0.4, -0.2) is 38.3 Å². The molecule has 1 aromatic carbocycles. The molecule has 8 heteroatoms. The second-order valence-corrected chi connectivity index (χ2v) is 8.38. The zero-order chi connectivity index (χ0) is 19.3. The summed E-state index contributed by atoms with van der Waals surface area (Å²) in [6.45, 7) is 1.76. The molecule has 1 aromatic heterocycles. The van der Waals surface area contributed by atoms with Crippen molar-refractivity contribution in [1.82, 2.24) is 0 Å². The molecule has 2 rings (SSSR count). The molecule has 1 N–H and O–H groups in total. The summed E-state index contributed by atoms with van der Waals surface area (Å²) in [5.41, 5.74) is 0.999. The first-order valence-corrected chi connectivity index (χ1v) is 10.5. The molecule has 0 saturated carbocycles. The van der Waals surface area contributed by atoms with Crippen molar-refractivity contribution in [3.8, 4) is 0 Å². The molecule has 0 spiro atoms. The van der Waals surface area contributed by atoms with Crippen molar-refractivity contribution in [3.05, 3.63) is 57.8 Å². The second-order valence-electron chi connectivity index (χ2n) is 5.42. The minimum Gasteiger partial charge on any atom is -0.481 e. The van der Waals surface area contributed by atoms with E-state index >= 15 is 0 Å². The molecule has 0 aliphatic heterocycles. The molecular weight excluding hydrogens is 376 g/mol. The van der Waals surface area contributed by atoms with Gasteiger partial charge in [0.25, 0.3) is 0 Å². The Hall–Kier alpha value is -2.45. The van der Waals surface area contributed by atoms with Gasteiger partial charge in [-0.05, 0) is 36.1 Å². The lowest BCUT2D eigenvalue weighted by Crippen LogP contribution is -2.14. The Labute approximate surface area is 155 Å². The summed E-state index contributed by atoms with van der Waals surface area (Å²) in [6.07, 6.45) is 0.604. The van der Waals surface area contributed by atoms with Gasteiger partial charge in [0, 0.05) is 16.7 Å². The van der Waals surface area contributed by atoms with E-state index < -0.39 is 28.2 Å².